The van der Waals surface area contributed by atoms with E-state index in [9.17, 15) is 20.1 Å². The molecule has 1 aliphatic rings. The zero-order chi connectivity index (χ0) is 22.9. The van der Waals surface area contributed by atoms with E-state index in [2.05, 4.69) is 19.1 Å². The first-order valence-corrected chi connectivity index (χ1v) is 12.2. The second kappa shape index (κ2) is 17.6. The average Bonchev–Trinajstić information content (AvgIpc) is 2.76. The highest BCUT2D eigenvalue weighted by Crippen LogP contribution is 2.23. The molecule has 1 heterocycles. The fraction of sp³-hybridized carbons (Fsp3) is 0.875. The van der Waals surface area contributed by atoms with Crippen molar-refractivity contribution in [1.29, 1.82) is 0 Å². The summed E-state index contributed by atoms with van der Waals surface area (Å²) in [6, 6.07) is 0. The lowest BCUT2D eigenvalue weighted by Crippen LogP contribution is -2.59. The second-order valence-electron chi connectivity index (χ2n) is 8.52. The minimum Gasteiger partial charge on any atom is -0.456 e. The Hall–Kier alpha value is -0.990. The van der Waals surface area contributed by atoms with Crippen molar-refractivity contribution in [3.8, 4) is 0 Å². The molecule has 7 heteroatoms. The first-order valence-electron chi connectivity index (χ1n) is 12.2. The first-order chi connectivity index (χ1) is 15.0. The lowest BCUT2D eigenvalue weighted by molar-refractivity contribution is -0.289. The minimum atomic E-state index is -1.61. The van der Waals surface area contributed by atoms with Crippen molar-refractivity contribution in [2.45, 2.75) is 128 Å². The second-order valence-corrected chi connectivity index (χ2v) is 8.52. The fourth-order valence-electron chi connectivity index (χ4n) is 3.76. The number of unbranched alkanes of at least 4 members (excludes halogenated alkanes) is 11. The number of carbonyl (C=O) groups is 1. The highest BCUT2D eigenvalue weighted by molar-refractivity contribution is 5.69. The van der Waals surface area contributed by atoms with E-state index in [1.54, 1.807) is 0 Å². The summed E-state index contributed by atoms with van der Waals surface area (Å²) in [5.74, 6) is -0.536. The van der Waals surface area contributed by atoms with Crippen molar-refractivity contribution in [2.24, 2.45) is 0 Å². The molecule has 0 aliphatic carbocycles. The minimum absolute atomic E-state index is 0.189. The van der Waals surface area contributed by atoms with Gasteiger partial charge in [0.25, 0.3) is 0 Å². The number of esters is 1. The van der Waals surface area contributed by atoms with E-state index in [1.807, 2.05) is 0 Å². The molecule has 0 radical (unpaired) electrons. The summed E-state index contributed by atoms with van der Waals surface area (Å²) in [7, 11) is 0. The van der Waals surface area contributed by atoms with Crippen molar-refractivity contribution >= 4 is 5.97 Å². The predicted octanol–water partition coefficient (Wildman–Crippen LogP) is 3.37. The number of rotatable bonds is 17. The van der Waals surface area contributed by atoms with Gasteiger partial charge in [0.2, 0.25) is 0 Å². The van der Waals surface area contributed by atoms with Crippen molar-refractivity contribution in [3.05, 3.63) is 12.2 Å². The Bertz CT molecular complexity index is 483. The zero-order valence-corrected chi connectivity index (χ0v) is 19.2. The smallest absolute Gasteiger partial charge is 0.306 e. The molecule has 0 aromatic heterocycles. The lowest BCUT2D eigenvalue weighted by atomic mass is 9.99. The van der Waals surface area contributed by atoms with E-state index >= 15 is 0 Å². The van der Waals surface area contributed by atoms with Gasteiger partial charge in [-0.3, -0.25) is 4.79 Å². The van der Waals surface area contributed by atoms with Crippen LogP contribution in [0.5, 0.6) is 0 Å². The van der Waals surface area contributed by atoms with Crippen molar-refractivity contribution in [1.82, 2.24) is 0 Å². The number of hydrogen-bond acceptors (Lipinski definition) is 7. The molecule has 0 unspecified atom stereocenters. The molecule has 1 fully saturated rings. The Labute approximate surface area is 187 Å². The molecule has 7 nitrogen and oxygen atoms in total. The van der Waals surface area contributed by atoms with Crippen LogP contribution in [0.15, 0.2) is 12.2 Å². The third-order valence-electron chi connectivity index (χ3n) is 5.75. The van der Waals surface area contributed by atoms with Crippen LogP contribution in [-0.2, 0) is 14.3 Å². The van der Waals surface area contributed by atoms with Crippen LogP contribution in [0.25, 0.3) is 0 Å². The summed E-state index contributed by atoms with van der Waals surface area (Å²) in [6.45, 7) is 1.69. The molecule has 0 aromatic carbocycles. The Morgan fingerprint density at radius 2 is 1.39 bits per heavy atom. The molecule has 0 spiro atoms. The van der Waals surface area contributed by atoms with E-state index in [1.165, 1.54) is 44.9 Å². The Balaban J connectivity index is 2.01. The van der Waals surface area contributed by atoms with Gasteiger partial charge in [-0.2, -0.15) is 0 Å². The van der Waals surface area contributed by atoms with Gasteiger partial charge < -0.3 is 29.9 Å². The van der Waals surface area contributed by atoms with Crippen molar-refractivity contribution in [3.63, 3.8) is 0 Å². The van der Waals surface area contributed by atoms with Crippen LogP contribution >= 0.6 is 0 Å². The molecule has 182 valence electrons. The highest BCUT2D eigenvalue weighted by atomic mass is 16.7. The Morgan fingerprint density at radius 1 is 0.839 bits per heavy atom. The van der Waals surface area contributed by atoms with E-state index in [0.717, 1.165) is 32.1 Å². The summed E-state index contributed by atoms with van der Waals surface area (Å²) in [5, 5.41) is 38.7. The van der Waals surface area contributed by atoms with Crippen LogP contribution in [0.2, 0.25) is 0 Å². The predicted molar refractivity (Wildman–Crippen MR) is 119 cm³/mol. The van der Waals surface area contributed by atoms with Gasteiger partial charge >= 0.3 is 5.97 Å². The van der Waals surface area contributed by atoms with Crippen molar-refractivity contribution in [2.75, 3.05) is 6.61 Å². The highest BCUT2D eigenvalue weighted by Gasteiger charge is 2.45. The summed E-state index contributed by atoms with van der Waals surface area (Å²) >= 11 is 0. The number of ether oxygens (including phenoxy) is 2. The maximum atomic E-state index is 12.0. The summed E-state index contributed by atoms with van der Waals surface area (Å²) in [5.41, 5.74) is 0. The van der Waals surface area contributed by atoms with Gasteiger partial charge in [0.1, 0.15) is 18.3 Å². The summed E-state index contributed by atoms with van der Waals surface area (Å²) in [6.07, 6.45) is 13.0. The van der Waals surface area contributed by atoms with Gasteiger partial charge in [-0.05, 0) is 32.1 Å². The molecular formula is C24H44O7. The van der Waals surface area contributed by atoms with Crippen LogP contribution in [0.3, 0.4) is 0 Å². The molecule has 0 amide bonds. The van der Waals surface area contributed by atoms with Gasteiger partial charge in [-0.1, -0.05) is 70.4 Å². The van der Waals surface area contributed by atoms with Crippen LogP contribution in [0.1, 0.15) is 96.8 Å². The topological polar surface area (TPSA) is 116 Å². The lowest BCUT2D eigenvalue weighted by Gasteiger charge is -2.39. The molecule has 31 heavy (non-hydrogen) atoms. The SMILES string of the molecule is CCCCCCCC/C=C\CCCCCCCC(=O)O[C@@H]1[C@@H](O)[C@H](O)O[C@H](CO)[C@H]1O. The molecule has 1 aliphatic heterocycles. The number of aliphatic hydroxyl groups is 4. The number of aliphatic hydroxyl groups excluding tert-OH is 4. The molecule has 0 aromatic rings. The summed E-state index contributed by atoms with van der Waals surface area (Å²) < 4.78 is 10.0. The maximum Gasteiger partial charge on any atom is 0.306 e. The van der Waals surface area contributed by atoms with Gasteiger partial charge in [0, 0.05) is 6.42 Å². The van der Waals surface area contributed by atoms with E-state index < -0.39 is 43.3 Å². The number of allylic oxidation sites excluding steroid dienone is 2. The fourth-order valence-corrected chi connectivity index (χ4v) is 3.76. The van der Waals surface area contributed by atoms with Crippen LogP contribution in [0.4, 0.5) is 0 Å². The van der Waals surface area contributed by atoms with Crippen LogP contribution in [0, 0.1) is 0 Å². The van der Waals surface area contributed by atoms with Gasteiger partial charge in [-0.25, -0.2) is 0 Å². The maximum absolute atomic E-state index is 12.0. The standard InChI is InChI=1S/C24H44O7/c1-2-3-4-5-6-7-8-9-10-11-12-13-14-15-16-17-20(26)31-23-21(27)19(18-25)30-24(29)22(23)28/h9-10,19,21-25,27-29H,2-8,11-18H2,1H3/b10-9-/t19-,21-,22-,23+,24-/m1/s1. The molecule has 5 atom stereocenters. The molecule has 4 N–H and O–H groups in total. The third kappa shape index (κ3) is 12.0. The molecule has 1 rings (SSSR count). The molecule has 1 saturated heterocycles. The normalized spacial score (nSPS) is 26.4. The monoisotopic (exact) mass is 444 g/mol. The number of carbonyl (C=O) groups excluding carboxylic acids is 1. The number of hydrogen-bond donors (Lipinski definition) is 4. The molecule has 0 bridgehead atoms. The largest absolute Gasteiger partial charge is 0.456 e. The molecular weight excluding hydrogens is 400 g/mol. The Kier molecular flexibility index (Phi) is 15.9. The van der Waals surface area contributed by atoms with Crippen LogP contribution < -0.4 is 0 Å². The Morgan fingerprint density at radius 3 is 1.97 bits per heavy atom. The quantitative estimate of drug-likeness (QED) is 0.154. The van der Waals surface area contributed by atoms with Gasteiger partial charge in [0.05, 0.1) is 6.61 Å². The van der Waals surface area contributed by atoms with E-state index in [4.69, 9.17) is 14.6 Å². The zero-order valence-electron chi connectivity index (χ0n) is 19.2. The van der Waals surface area contributed by atoms with Crippen LogP contribution in [-0.4, -0.2) is 63.7 Å². The average molecular weight is 445 g/mol. The van der Waals surface area contributed by atoms with Gasteiger partial charge in [0.15, 0.2) is 12.4 Å². The first kappa shape index (κ1) is 28.0. The summed E-state index contributed by atoms with van der Waals surface area (Å²) in [4.78, 5) is 12.0. The van der Waals surface area contributed by atoms with E-state index in [-0.39, 0.29) is 6.42 Å². The van der Waals surface area contributed by atoms with E-state index in [0.29, 0.717) is 6.42 Å². The van der Waals surface area contributed by atoms with Gasteiger partial charge in [-0.15, -0.1) is 0 Å². The molecule has 0 saturated carbocycles. The van der Waals surface area contributed by atoms with Crippen molar-refractivity contribution < 1.29 is 34.7 Å². The third-order valence-corrected chi connectivity index (χ3v) is 5.75.